The Hall–Kier alpha value is -5.15. The van der Waals surface area contributed by atoms with Crippen LogP contribution in [0.25, 0.3) is 0 Å². The van der Waals surface area contributed by atoms with Gasteiger partial charge in [0.1, 0.15) is 6.61 Å². The number of esters is 2. The van der Waals surface area contributed by atoms with Gasteiger partial charge in [0.25, 0.3) is 0 Å². The molecule has 10 heteroatoms. The molecular weight excluding hydrogens is 1190 g/mol. The maximum absolute atomic E-state index is 12.8. The third-order valence-corrected chi connectivity index (χ3v) is 16.5. The number of carbonyl (C=O) groups excluding carboxylic acids is 2. The van der Waals surface area contributed by atoms with E-state index in [0.29, 0.717) is 6.42 Å². The van der Waals surface area contributed by atoms with Gasteiger partial charge in [-0.15, -0.1) is 0 Å². The maximum Gasteiger partial charge on any atom is 0.472 e. The van der Waals surface area contributed by atoms with E-state index < -0.39 is 26.5 Å². The molecule has 0 aromatic carbocycles. The third-order valence-electron chi connectivity index (χ3n) is 15.5. The number of nitrogens with two attached hydrogens (primary N) is 1. The van der Waals surface area contributed by atoms with Gasteiger partial charge < -0.3 is 20.1 Å². The second kappa shape index (κ2) is 77.9. The summed E-state index contributed by atoms with van der Waals surface area (Å²) in [6.07, 6.45) is 118. The van der Waals surface area contributed by atoms with Crippen LogP contribution in [0.4, 0.5) is 0 Å². The van der Waals surface area contributed by atoms with E-state index in [4.69, 9.17) is 24.3 Å². The largest absolute Gasteiger partial charge is 0.472 e. The Balaban J connectivity index is 3.94. The van der Waals surface area contributed by atoms with Gasteiger partial charge in [0.15, 0.2) is 6.10 Å². The number of hydrogen-bond donors (Lipinski definition) is 2. The molecular formula is C85H138NO8P. The van der Waals surface area contributed by atoms with Gasteiger partial charge in [-0.3, -0.25) is 18.6 Å². The summed E-state index contributed by atoms with van der Waals surface area (Å²) in [6.45, 7) is 3.50. The van der Waals surface area contributed by atoms with Crippen LogP contribution in [0.1, 0.15) is 296 Å². The van der Waals surface area contributed by atoms with E-state index in [0.717, 1.165) is 161 Å². The number of phosphoric acid groups is 1. The van der Waals surface area contributed by atoms with Crippen LogP contribution in [0, 0.1) is 0 Å². The lowest BCUT2D eigenvalue weighted by atomic mass is 10.0. The van der Waals surface area contributed by atoms with E-state index in [1.165, 1.54) is 103 Å². The highest BCUT2D eigenvalue weighted by Gasteiger charge is 2.26. The predicted octanol–water partition coefficient (Wildman–Crippen LogP) is 25.6. The summed E-state index contributed by atoms with van der Waals surface area (Å²) in [5, 5.41) is 0. The number of carbonyl (C=O) groups is 2. The minimum absolute atomic E-state index is 0.0424. The summed E-state index contributed by atoms with van der Waals surface area (Å²) in [6, 6.07) is 0. The molecule has 0 saturated heterocycles. The monoisotopic (exact) mass is 1330 g/mol. The van der Waals surface area contributed by atoms with Crippen molar-refractivity contribution in [1.82, 2.24) is 0 Å². The van der Waals surface area contributed by atoms with Gasteiger partial charge in [0, 0.05) is 19.4 Å². The predicted molar refractivity (Wildman–Crippen MR) is 412 cm³/mol. The Morgan fingerprint density at radius 3 is 0.811 bits per heavy atom. The highest BCUT2D eigenvalue weighted by Crippen LogP contribution is 2.43. The number of ether oxygens (including phenoxy) is 2. The molecule has 536 valence electrons. The first-order valence-electron chi connectivity index (χ1n) is 37.9. The van der Waals surface area contributed by atoms with Crippen molar-refractivity contribution in [2.45, 2.75) is 302 Å². The van der Waals surface area contributed by atoms with Crippen LogP contribution in [-0.4, -0.2) is 49.3 Å². The lowest BCUT2D eigenvalue weighted by Gasteiger charge is -2.19. The Morgan fingerprint density at radius 2 is 0.547 bits per heavy atom. The number of allylic oxidation sites excluding steroid dienone is 32. The molecule has 0 aliphatic heterocycles. The molecule has 0 aromatic rings. The molecule has 3 N–H and O–H groups in total. The molecule has 0 radical (unpaired) electrons. The van der Waals surface area contributed by atoms with Gasteiger partial charge >= 0.3 is 19.8 Å². The molecule has 0 bridgehead atoms. The molecule has 0 spiro atoms. The lowest BCUT2D eigenvalue weighted by molar-refractivity contribution is -0.161. The van der Waals surface area contributed by atoms with Crippen molar-refractivity contribution in [3.8, 4) is 0 Å². The molecule has 0 rings (SSSR count). The average Bonchev–Trinajstić information content (AvgIpc) is 2.64. The van der Waals surface area contributed by atoms with E-state index in [2.05, 4.69) is 208 Å². The van der Waals surface area contributed by atoms with Crippen LogP contribution >= 0.6 is 7.82 Å². The first kappa shape index (κ1) is 89.8. The van der Waals surface area contributed by atoms with Gasteiger partial charge in [-0.2, -0.15) is 0 Å². The van der Waals surface area contributed by atoms with Crippen molar-refractivity contribution in [2.75, 3.05) is 26.4 Å². The summed E-state index contributed by atoms with van der Waals surface area (Å²) < 4.78 is 33.2. The van der Waals surface area contributed by atoms with Gasteiger partial charge in [0.05, 0.1) is 13.2 Å². The summed E-state index contributed by atoms with van der Waals surface area (Å²) >= 11 is 0. The smallest absolute Gasteiger partial charge is 0.462 e. The zero-order valence-electron chi connectivity index (χ0n) is 60.3. The normalized spacial score (nSPS) is 14.0. The molecule has 0 aliphatic carbocycles. The molecule has 2 atom stereocenters. The molecule has 0 aliphatic rings. The van der Waals surface area contributed by atoms with Crippen LogP contribution in [0.15, 0.2) is 194 Å². The Kier molecular flexibility index (Phi) is 73.6. The molecule has 95 heavy (non-hydrogen) atoms. The first-order chi connectivity index (χ1) is 46.8. The number of phosphoric ester groups is 1. The van der Waals surface area contributed by atoms with Crippen molar-refractivity contribution in [3.05, 3.63) is 194 Å². The fraction of sp³-hybridized carbons (Fsp3) is 0.600. The Labute approximate surface area is 583 Å². The zero-order chi connectivity index (χ0) is 68.6. The van der Waals surface area contributed by atoms with E-state index in [1.807, 2.05) is 0 Å². The third kappa shape index (κ3) is 77.7. The van der Waals surface area contributed by atoms with Crippen molar-refractivity contribution in [1.29, 1.82) is 0 Å². The lowest BCUT2D eigenvalue weighted by Crippen LogP contribution is -2.29. The molecule has 0 saturated carbocycles. The topological polar surface area (TPSA) is 134 Å². The Bertz CT molecular complexity index is 2270. The molecule has 0 fully saturated rings. The molecule has 9 nitrogen and oxygen atoms in total. The maximum atomic E-state index is 12.8. The second-order valence-electron chi connectivity index (χ2n) is 24.4. The van der Waals surface area contributed by atoms with Gasteiger partial charge in [0.2, 0.25) is 0 Å². The van der Waals surface area contributed by atoms with Crippen molar-refractivity contribution < 1.29 is 37.6 Å². The quantitative estimate of drug-likeness (QED) is 0.0264. The highest BCUT2D eigenvalue weighted by molar-refractivity contribution is 7.47. The minimum Gasteiger partial charge on any atom is -0.462 e. The van der Waals surface area contributed by atoms with E-state index in [1.54, 1.807) is 0 Å². The summed E-state index contributed by atoms with van der Waals surface area (Å²) in [7, 11) is -4.41. The van der Waals surface area contributed by atoms with E-state index in [9.17, 15) is 19.0 Å². The standard InChI is InChI=1S/C85H138NO8P/c1-3-5-7-9-11-13-15-17-19-21-23-25-27-29-31-33-35-37-39-41-43-45-47-49-51-53-55-57-59-61-63-65-67-69-71-73-75-77-84(87)91-81-83(82-93-95(89,90)92-80-79-86)94-85(88)78-76-74-72-70-68-66-64-62-60-58-56-54-52-50-48-46-44-42-40-38-36-34-32-30-28-26-24-22-20-18-16-14-12-10-8-6-4-2/h5-8,11-14,17-20,23-26,29-32,35-38,42,44,48,50,54,56,60,62,83H,3-4,9-10,15-16,21-22,27-28,33-34,39-41,43,45-47,49,51-53,55,57-59,61,63-82,86H2,1-2H3,(H,89,90)/b7-5-,8-6-,13-11-,14-12-,19-17-,20-18-,25-23-,26-24-,31-29-,32-30-,37-35-,38-36-,44-42-,50-48-,56-54-,62-60-. The summed E-state index contributed by atoms with van der Waals surface area (Å²) in [4.78, 5) is 35.4. The minimum atomic E-state index is -4.41. The fourth-order valence-electron chi connectivity index (χ4n) is 9.96. The van der Waals surface area contributed by atoms with Crippen LogP contribution in [-0.2, 0) is 32.7 Å². The van der Waals surface area contributed by atoms with Crippen LogP contribution in [0.3, 0.4) is 0 Å². The zero-order valence-corrected chi connectivity index (χ0v) is 61.2. The van der Waals surface area contributed by atoms with E-state index >= 15 is 0 Å². The summed E-state index contributed by atoms with van der Waals surface area (Å²) in [5.74, 6) is -0.849. The SMILES string of the molecule is CC/C=C\C/C=C\C/C=C\C/C=C\C/C=C\C/C=C\C/C=C\C/C=C\C/C=C\C/C=C\CCCCCCCCC(=O)OC(COC(=O)CCCCCCCCCCCCCCCCCCCC/C=C\C/C=C\C/C=C\C/C=C\C/C=C\C/C=C\CC)COP(=O)(O)OCCN. The molecule has 0 amide bonds. The van der Waals surface area contributed by atoms with Gasteiger partial charge in [-0.1, -0.05) is 337 Å². The number of rotatable bonds is 69. The number of unbranched alkanes of at least 4 members (excludes halogenated alkanes) is 24. The highest BCUT2D eigenvalue weighted by atomic mass is 31.2. The molecule has 0 aromatic heterocycles. The van der Waals surface area contributed by atoms with Crippen LogP contribution in [0.5, 0.6) is 0 Å². The van der Waals surface area contributed by atoms with Crippen LogP contribution < -0.4 is 5.73 Å². The van der Waals surface area contributed by atoms with Crippen LogP contribution in [0.2, 0.25) is 0 Å². The summed E-state index contributed by atoms with van der Waals surface area (Å²) in [5.41, 5.74) is 5.41. The van der Waals surface area contributed by atoms with Crippen molar-refractivity contribution in [2.24, 2.45) is 5.73 Å². The first-order valence-corrected chi connectivity index (χ1v) is 39.4. The molecule has 0 heterocycles. The second-order valence-corrected chi connectivity index (χ2v) is 25.9. The Morgan fingerprint density at radius 1 is 0.316 bits per heavy atom. The number of hydrogen-bond acceptors (Lipinski definition) is 8. The fourth-order valence-corrected chi connectivity index (χ4v) is 10.7. The average molecular weight is 1330 g/mol. The van der Waals surface area contributed by atoms with Gasteiger partial charge in [-0.05, 0) is 141 Å². The van der Waals surface area contributed by atoms with Gasteiger partial charge in [-0.25, -0.2) is 4.57 Å². The van der Waals surface area contributed by atoms with E-state index in [-0.39, 0.29) is 38.6 Å². The van der Waals surface area contributed by atoms with Crippen molar-refractivity contribution in [3.63, 3.8) is 0 Å². The molecule has 2 unspecified atom stereocenters. The van der Waals surface area contributed by atoms with Crippen molar-refractivity contribution >= 4 is 19.8 Å².